The molecule has 1 aromatic carbocycles. The van der Waals surface area contributed by atoms with E-state index in [0.29, 0.717) is 0 Å². The molecule has 1 fully saturated rings. The van der Waals surface area contributed by atoms with E-state index >= 15 is 0 Å². The summed E-state index contributed by atoms with van der Waals surface area (Å²) in [5.41, 5.74) is -0.760. The van der Waals surface area contributed by atoms with E-state index in [0.717, 1.165) is 12.1 Å². The summed E-state index contributed by atoms with van der Waals surface area (Å²) < 4.78 is 41.0. The molecule has 9 heteroatoms. The van der Waals surface area contributed by atoms with Gasteiger partial charge in [-0.1, -0.05) is 31.9 Å². The number of carbonyl (C=O) groups is 2. The molecular weight excluding hydrogens is 435 g/mol. The van der Waals surface area contributed by atoms with Crippen LogP contribution in [-0.2, 0) is 9.59 Å². The minimum absolute atomic E-state index is 0.173. The maximum Gasteiger partial charge on any atom is 0.573 e. The first-order chi connectivity index (χ1) is 9.92. The van der Waals surface area contributed by atoms with Crippen LogP contribution >= 0.6 is 31.9 Å². The van der Waals surface area contributed by atoms with Crippen LogP contribution in [0.25, 0.3) is 0 Å². The number of nitrogens with one attached hydrogen (secondary N) is 1. The summed E-state index contributed by atoms with van der Waals surface area (Å²) in [4.78, 5) is 24.4. The van der Waals surface area contributed by atoms with E-state index in [1.54, 1.807) is 13.8 Å². The Morgan fingerprint density at radius 1 is 1.18 bits per heavy atom. The third-order valence-corrected chi connectivity index (χ3v) is 4.46. The van der Waals surface area contributed by atoms with Gasteiger partial charge >= 0.3 is 6.36 Å². The highest BCUT2D eigenvalue weighted by molar-refractivity contribution is 9.11. The second kappa shape index (κ2) is 5.52. The molecule has 0 aliphatic carbocycles. The predicted octanol–water partition coefficient (Wildman–Crippen LogP) is 3.67. The van der Waals surface area contributed by atoms with Crippen LogP contribution in [0.15, 0.2) is 21.1 Å². The zero-order valence-electron chi connectivity index (χ0n) is 11.3. The lowest BCUT2D eigenvalue weighted by atomic mass is 9.89. The molecule has 1 unspecified atom stereocenters. The normalized spacial score (nSPS) is 21.0. The maximum atomic E-state index is 12.3. The number of rotatable bonds is 2. The van der Waals surface area contributed by atoms with Crippen LogP contribution in [0.1, 0.15) is 25.3 Å². The van der Waals surface area contributed by atoms with Gasteiger partial charge in [0.25, 0.3) is 0 Å². The molecule has 2 rings (SSSR count). The van der Waals surface area contributed by atoms with Gasteiger partial charge in [-0.2, -0.15) is 0 Å². The average molecular weight is 445 g/mol. The molecule has 1 aliphatic rings. The van der Waals surface area contributed by atoms with Gasteiger partial charge in [0.05, 0.1) is 5.54 Å². The molecular formula is C13H10Br2F3NO3. The monoisotopic (exact) mass is 443 g/mol. The first kappa shape index (κ1) is 17.3. The van der Waals surface area contributed by atoms with E-state index in [4.69, 9.17) is 0 Å². The number of ether oxygens (including phenoxy) is 1. The molecule has 0 aromatic heterocycles. The summed E-state index contributed by atoms with van der Waals surface area (Å²) in [6.45, 7) is 3.13. The predicted molar refractivity (Wildman–Crippen MR) is 78.5 cm³/mol. The van der Waals surface area contributed by atoms with Gasteiger partial charge in [-0.05, 0) is 26.0 Å². The minimum atomic E-state index is -4.83. The van der Waals surface area contributed by atoms with Crippen molar-refractivity contribution in [2.45, 2.75) is 31.7 Å². The molecule has 0 saturated carbocycles. The van der Waals surface area contributed by atoms with Crippen molar-refractivity contribution >= 4 is 43.6 Å². The topological polar surface area (TPSA) is 55.4 Å². The van der Waals surface area contributed by atoms with Gasteiger partial charge in [-0.3, -0.25) is 9.59 Å². The number of halogens is 5. The number of Topliss-reactive ketones (excluding diaryl/α,β-unsaturated/α-hetero) is 1. The molecule has 0 spiro atoms. The van der Waals surface area contributed by atoms with Gasteiger partial charge in [0.1, 0.15) is 11.7 Å². The minimum Gasteiger partial charge on any atom is -0.406 e. The van der Waals surface area contributed by atoms with Crippen molar-refractivity contribution in [3.8, 4) is 5.75 Å². The van der Waals surface area contributed by atoms with Crippen LogP contribution in [0.3, 0.4) is 0 Å². The van der Waals surface area contributed by atoms with Crippen LogP contribution in [0.2, 0.25) is 0 Å². The van der Waals surface area contributed by atoms with Crippen molar-refractivity contribution in [3.05, 3.63) is 26.6 Å². The van der Waals surface area contributed by atoms with E-state index < -0.39 is 29.5 Å². The maximum absolute atomic E-state index is 12.3. The van der Waals surface area contributed by atoms with E-state index in [1.807, 2.05) is 0 Å². The Labute approximate surface area is 140 Å². The summed E-state index contributed by atoms with van der Waals surface area (Å²) in [6.07, 6.45) is -4.83. The van der Waals surface area contributed by atoms with Crippen molar-refractivity contribution in [3.63, 3.8) is 0 Å². The van der Waals surface area contributed by atoms with Gasteiger partial charge in [0, 0.05) is 14.5 Å². The fourth-order valence-corrected chi connectivity index (χ4v) is 3.82. The van der Waals surface area contributed by atoms with Crippen LogP contribution in [0.4, 0.5) is 13.2 Å². The number of hydrogen-bond acceptors (Lipinski definition) is 3. The molecule has 0 bridgehead atoms. The number of amides is 1. The van der Waals surface area contributed by atoms with Crippen LogP contribution in [0.5, 0.6) is 5.75 Å². The molecule has 0 radical (unpaired) electrons. The number of benzene rings is 1. The Balaban J connectivity index is 2.46. The quantitative estimate of drug-likeness (QED) is 0.708. The van der Waals surface area contributed by atoms with Gasteiger partial charge in [0.15, 0.2) is 5.78 Å². The first-order valence-corrected chi connectivity index (χ1v) is 7.62. The van der Waals surface area contributed by atoms with Crippen LogP contribution in [-0.4, -0.2) is 23.6 Å². The fraction of sp³-hybridized carbons (Fsp3) is 0.385. The zero-order valence-corrected chi connectivity index (χ0v) is 14.5. The van der Waals surface area contributed by atoms with Crippen molar-refractivity contribution < 1.29 is 27.5 Å². The fourth-order valence-electron chi connectivity index (χ4n) is 2.21. The highest BCUT2D eigenvalue weighted by Gasteiger charge is 2.48. The van der Waals surface area contributed by atoms with Crippen LogP contribution < -0.4 is 10.1 Å². The third kappa shape index (κ3) is 3.29. The van der Waals surface area contributed by atoms with Crippen molar-refractivity contribution in [1.29, 1.82) is 0 Å². The lowest BCUT2D eigenvalue weighted by molar-refractivity contribution is -0.274. The summed E-state index contributed by atoms with van der Waals surface area (Å²) in [6, 6.07) is 2.14. The van der Waals surface area contributed by atoms with E-state index in [9.17, 15) is 22.8 Å². The summed E-state index contributed by atoms with van der Waals surface area (Å²) >= 11 is 6.20. The SMILES string of the molecule is CC1(C)NC(=O)C(c2c(Br)cc(OC(F)(F)F)cc2Br)C1=O. The number of ketones is 1. The highest BCUT2D eigenvalue weighted by Crippen LogP contribution is 2.41. The molecule has 120 valence electrons. The Bertz CT molecular complexity index is 635. The largest absolute Gasteiger partial charge is 0.573 e. The first-order valence-electron chi connectivity index (χ1n) is 6.03. The van der Waals surface area contributed by atoms with Crippen molar-refractivity contribution in [1.82, 2.24) is 5.32 Å². The van der Waals surface area contributed by atoms with Crippen molar-refractivity contribution in [2.24, 2.45) is 0 Å². The molecule has 1 atom stereocenters. The Kier molecular flexibility index (Phi) is 4.33. The average Bonchev–Trinajstić information content (AvgIpc) is 2.48. The second-order valence-electron chi connectivity index (χ2n) is 5.26. The summed E-state index contributed by atoms with van der Waals surface area (Å²) in [5, 5.41) is 2.56. The smallest absolute Gasteiger partial charge is 0.406 e. The number of hydrogen-bond donors (Lipinski definition) is 1. The molecule has 1 heterocycles. The lowest BCUT2D eigenvalue weighted by Gasteiger charge is -2.17. The Morgan fingerprint density at radius 2 is 1.68 bits per heavy atom. The lowest BCUT2D eigenvalue weighted by Crippen LogP contribution is -2.39. The van der Waals surface area contributed by atoms with E-state index in [-0.39, 0.29) is 20.3 Å². The van der Waals surface area contributed by atoms with Crippen LogP contribution in [0, 0.1) is 0 Å². The molecule has 4 nitrogen and oxygen atoms in total. The van der Waals surface area contributed by atoms with Crippen molar-refractivity contribution in [2.75, 3.05) is 0 Å². The Morgan fingerprint density at radius 3 is 2.05 bits per heavy atom. The van der Waals surface area contributed by atoms with Gasteiger partial charge in [-0.15, -0.1) is 13.2 Å². The summed E-state index contributed by atoms with van der Waals surface area (Å²) in [5.74, 6) is -2.41. The third-order valence-electron chi connectivity index (χ3n) is 3.15. The molecule has 22 heavy (non-hydrogen) atoms. The molecule has 1 saturated heterocycles. The molecule has 1 aromatic rings. The number of carbonyl (C=O) groups excluding carboxylic acids is 2. The molecule has 1 aliphatic heterocycles. The zero-order chi connectivity index (χ0) is 16.9. The van der Waals surface area contributed by atoms with Gasteiger partial charge in [0.2, 0.25) is 5.91 Å². The summed E-state index contributed by atoms with van der Waals surface area (Å²) in [7, 11) is 0. The van der Waals surface area contributed by atoms with E-state index in [2.05, 4.69) is 41.9 Å². The van der Waals surface area contributed by atoms with E-state index in [1.165, 1.54) is 0 Å². The van der Waals surface area contributed by atoms with Gasteiger partial charge in [-0.25, -0.2) is 0 Å². The Hall–Kier alpha value is -1.09. The number of alkyl halides is 3. The molecule has 1 N–H and O–H groups in total. The van der Waals surface area contributed by atoms with Gasteiger partial charge < -0.3 is 10.1 Å². The highest BCUT2D eigenvalue weighted by atomic mass is 79.9. The molecule has 1 amide bonds. The standard InChI is InChI=1S/C13H10Br2F3NO3/c1-12(2)10(20)9(11(21)19-12)8-6(14)3-5(4-7(8)15)22-13(16,17)18/h3-4,9H,1-2H3,(H,19,21). The second-order valence-corrected chi connectivity index (χ2v) is 6.97.